The number of hydrogen-bond donors (Lipinski definition) is 1. The molecule has 5 rings (SSSR count). The molecule has 0 aliphatic heterocycles. The zero-order valence-electron chi connectivity index (χ0n) is 21.0. The SMILES string of the molecule is Cc1ccc(-n2cc(-c3ccccc3)nc2NC(=O)CN(Cc2ccco2)C(=O)c2ccc(Cl)cc2Cl)cc1. The monoisotopic (exact) mass is 558 g/mol. The van der Waals surface area contributed by atoms with E-state index in [1.54, 1.807) is 18.2 Å². The first-order chi connectivity index (χ1) is 18.9. The van der Waals surface area contributed by atoms with E-state index in [4.69, 9.17) is 32.6 Å². The number of imidazole rings is 1. The van der Waals surface area contributed by atoms with Gasteiger partial charge in [0.25, 0.3) is 5.91 Å². The number of aryl methyl sites for hydroxylation is 1. The molecule has 9 heteroatoms. The molecule has 2 heterocycles. The second-order valence-corrected chi connectivity index (χ2v) is 9.78. The Kier molecular flexibility index (Phi) is 7.81. The zero-order valence-corrected chi connectivity index (χ0v) is 22.5. The van der Waals surface area contributed by atoms with Gasteiger partial charge in [0.2, 0.25) is 11.9 Å². The van der Waals surface area contributed by atoms with Crippen molar-refractivity contribution in [1.82, 2.24) is 14.5 Å². The number of furan rings is 1. The third-order valence-corrected chi connectivity index (χ3v) is 6.60. The Morgan fingerprint density at radius 1 is 0.974 bits per heavy atom. The summed E-state index contributed by atoms with van der Waals surface area (Å²) in [6.45, 7) is 1.81. The van der Waals surface area contributed by atoms with Crippen molar-refractivity contribution in [1.29, 1.82) is 0 Å². The minimum absolute atomic E-state index is 0.0693. The van der Waals surface area contributed by atoms with E-state index in [0.717, 1.165) is 16.8 Å². The van der Waals surface area contributed by atoms with Crippen LogP contribution in [0, 0.1) is 6.92 Å². The number of carbonyl (C=O) groups is 2. The minimum Gasteiger partial charge on any atom is -0.467 e. The first kappa shape index (κ1) is 26.3. The summed E-state index contributed by atoms with van der Waals surface area (Å²) in [5.41, 5.74) is 3.78. The molecule has 2 aromatic heterocycles. The van der Waals surface area contributed by atoms with Crippen LogP contribution in [0.2, 0.25) is 10.0 Å². The molecule has 7 nitrogen and oxygen atoms in total. The maximum atomic E-state index is 13.5. The maximum Gasteiger partial charge on any atom is 0.256 e. The third kappa shape index (κ3) is 6.22. The lowest BCUT2D eigenvalue weighted by molar-refractivity contribution is -0.117. The van der Waals surface area contributed by atoms with Gasteiger partial charge in [0, 0.05) is 22.5 Å². The van der Waals surface area contributed by atoms with Crippen LogP contribution in [-0.4, -0.2) is 32.8 Å². The fourth-order valence-electron chi connectivity index (χ4n) is 4.08. The highest BCUT2D eigenvalue weighted by molar-refractivity contribution is 6.36. The number of amides is 2. The van der Waals surface area contributed by atoms with E-state index in [1.807, 2.05) is 72.3 Å². The van der Waals surface area contributed by atoms with Crippen LogP contribution in [0.5, 0.6) is 0 Å². The van der Waals surface area contributed by atoms with Gasteiger partial charge in [-0.3, -0.25) is 19.5 Å². The van der Waals surface area contributed by atoms with E-state index in [1.165, 1.54) is 23.3 Å². The lowest BCUT2D eigenvalue weighted by Gasteiger charge is -2.22. The summed E-state index contributed by atoms with van der Waals surface area (Å²) in [5, 5.41) is 3.49. The van der Waals surface area contributed by atoms with Gasteiger partial charge in [-0.15, -0.1) is 0 Å². The number of rotatable bonds is 8. The van der Waals surface area contributed by atoms with Gasteiger partial charge in [-0.25, -0.2) is 4.98 Å². The van der Waals surface area contributed by atoms with Crippen LogP contribution in [0.15, 0.2) is 102 Å². The van der Waals surface area contributed by atoms with Gasteiger partial charge >= 0.3 is 0 Å². The highest BCUT2D eigenvalue weighted by Crippen LogP contribution is 2.26. The molecule has 39 heavy (non-hydrogen) atoms. The van der Waals surface area contributed by atoms with Gasteiger partial charge in [0.15, 0.2) is 0 Å². The Labute approximate surface area is 235 Å². The molecule has 3 aromatic carbocycles. The van der Waals surface area contributed by atoms with Crippen molar-refractivity contribution in [2.24, 2.45) is 0 Å². The number of anilines is 1. The van der Waals surface area contributed by atoms with E-state index in [2.05, 4.69) is 5.32 Å². The van der Waals surface area contributed by atoms with Crippen molar-refractivity contribution < 1.29 is 14.0 Å². The second-order valence-electron chi connectivity index (χ2n) is 8.93. The number of nitrogens with one attached hydrogen (secondary N) is 1. The molecule has 196 valence electrons. The minimum atomic E-state index is -0.435. The first-order valence-electron chi connectivity index (χ1n) is 12.2. The van der Waals surface area contributed by atoms with Gasteiger partial charge in [-0.1, -0.05) is 71.2 Å². The highest BCUT2D eigenvalue weighted by Gasteiger charge is 2.24. The summed E-state index contributed by atoms with van der Waals surface area (Å²) in [6.07, 6.45) is 3.38. The molecule has 0 atom stereocenters. The van der Waals surface area contributed by atoms with Gasteiger partial charge in [0.1, 0.15) is 12.3 Å². The van der Waals surface area contributed by atoms with Gasteiger partial charge < -0.3 is 9.32 Å². The van der Waals surface area contributed by atoms with Crippen molar-refractivity contribution in [3.8, 4) is 16.9 Å². The quantitative estimate of drug-likeness (QED) is 0.221. The lowest BCUT2D eigenvalue weighted by Crippen LogP contribution is -2.38. The van der Waals surface area contributed by atoms with E-state index in [-0.39, 0.29) is 23.7 Å². The van der Waals surface area contributed by atoms with Crippen molar-refractivity contribution in [3.05, 3.63) is 124 Å². The van der Waals surface area contributed by atoms with Gasteiger partial charge in [-0.05, 0) is 49.4 Å². The molecular weight excluding hydrogens is 535 g/mol. The molecular formula is C30H24Cl2N4O3. The average molecular weight is 559 g/mol. The maximum absolute atomic E-state index is 13.5. The van der Waals surface area contributed by atoms with Crippen LogP contribution in [0.1, 0.15) is 21.7 Å². The van der Waals surface area contributed by atoms with Crippen molar-refractivity contribution in [3.63, 3.8) is 0 Å². The average Bonchev–Trinajstić information content (AvgIpc) is 3.59. The van der Waals surface area contributed by atoms with E-state index < -0.39 is 11.8 Å². The van der Waals surface area contributed by atoms with Crippen molar-refractivity contribution in [2.45, 2.75) is 13.5 Å². The molecule has 0 bridgehead atoms. The van der Waals surface area contributed by atoms with Gasteiger partial charge in [0.05, 0.1) is 29.1 Å². The Morgan fingerprint density at radius 3 is 2.44 bits per heavy atom. The number of benzene rings is 3. The Hall–Kier alpha value is -4.33. The molecule has 2 amide bonds. The number of hydrogen-bond acceptors (Lipinski definition) is 4. The van der Waals surface area contributed by atoms with Crippen molar-refractivity contribution in [2.75, 3.05) is 11.9 Å². The highest BCUT2D eigenvalue weighted by atomic mass is 35.5. The molecule has 0 saturated heterocycles. The molecule has 0 aliphatic rings. The van der Waals surface area contributed by atoms with Crippen LogP contribution < -0.4 is 5.32 Å². The molecule has 0 spiro atoms. The summed E-state index contributed by atoms with van der Waals surface area (Å²) >= 11 is 12.3. The topological polar surface area (TPSA) is 80.4 Å². The predicted molar refractivity (Wildman–Crippen MR) is 152 cm³/mol. The number of aromatic nitrogens is 2. The smallest absolute Gasteiger partial charge is 0.256 e. The Balaban J connectivity index is 1.44. The number of halogens is 2. The largest absolute Gasteiger partial charge is 0.467 e. The Bertz CT molecular complexity index is 1600. The molecule has 0 aliphatic carbocycles. The number of nitrogens with zero attached hydrogens (tertiary/aromatic N) is 3. The lowest BCUT2D eigenvalue weighted by atomic mass is 10.2. The zero-order chi connectivity index (χ0) is 27.4. The van der Waals surface area contributed by atoms with Crippen LogP contribution in [-0.2, 0) is 11.3 Å². The standard InChI is InChI=1S/C30H24Cl2N4O3/c1-20-9-12-23(13-10-20)36-18-27(21-6-3-2-4-7-21)33-30(36)34-28(37)19-35(17-24-8-5-15-39-24)29(38)25-14-11-22(31)16-26(25)32/h2-16,18H,17,19H2,1H3,(H,33,34,37). The van der Waals surface area contributed by atoms with Crippen LogP contribution in [0.3, 0.4) is 0 Å². The third-order valence-electron chi connectivity index (χ3n) is 6.05. The number of carbonyl (C=O) groups excluding carboxylic acids is 2. The fourth-order valence-corrected chi connectivity index (χ4v) is 4.57. The second kappa shape index (κ2) is 11.6. The van der Waals surface area contributed by atoms with Crippen LogP contribution in [0.4, 0.5) is 5.95 Å². The predicted octanol–water partition coefficient (Wildman–Crippen LogP) is 7.03. The van der Waals surface area contributed by atoms with Gasteiger partial charge in [-0.2, -0.15) is 0 Å². The molecule has 0 radical (unpaired) electrons. The van der Waals surface area contributed by atoms with Crippen LogP contribution in [0.25, 0.3) is 16.9 Å². The normalized spacial score (nSPS) is 10.8. The first-order valence-corrected chi connectivity index (χ1v) is 12.9. The fraction of sp³-hybridized carbons (Fsp3) is 0.100. The molecule has 1 N–H and O–H groups in total. The van der Waals surface area contributed by atoms with Crippen molar-refractivity contribution >= 4 is 41.0 Å². The molecule has 5 aromatic rings. The summed E-state index contributed by atoms with van der Waals surface area (Å²) in [4.78, 5) is 32.9. The molecule has 0 unspecified atom stereocenters. The van der Waals surface area contributed by atoms with E-state index in [9.17, 15) is 9.59 Å². The molecule has 0 fully saturated rings. The van der Waals surface area contributed by atoms with E-state index in [0.29, 0.717) is 22.4 Å². The molecule has 0 saturated carbocycles. The summed E-state index contributed by atoms with van der Waals surface area (Å²) in [6, 6.07) is 25.6. The van der Waals surface area contributed by atoms with Crippen LogP contribution >= 0.6 is 23.2 Å². The summed E-state index contributed by atoms with van der Waals surface area (Å²) < 4.78 is 7.26. The van der Waals surface area contributed by atoms with E-state index >= 15 is 0 Å². The summed E-state index contributed by atoms with van der Waals surface area (Å²) in [7, 11) is 0. The summed E-state index contributed by atoms with van der Waals surface area (Å²) in [5.74, 6) is -0.0139. The Morgan fingerprint density at radius 2 is 1.74 bits per heavy atom.